The second kappa shape index (κ2) is 16.3. The van der Waals surface area contributed by atoms with Crippen LogP contribution < -0.4 is 19.6 Å². The van der Waals surface area contributed by atoms with Crippen molar-refractivity contribution in [2.45, 2.75) is 106 Å². The van der Waals surface area contributed by atoms with Crippen LogP contribution in [0.2, 0.25) is 0 Å². The summed E-state index contributed by atoms with van der Waals surface area (Å²) in [6.45, 7) is 2.17. The van der Waals surface area contributed by atoms with E-state index in [-0.39, 0.29) is 39.5 Å². The molecule has 3 fully saturated rings. The summed E-state index contributed by atoms with van der Waals surface area (Å²) in [5.41, 5.74) is -0.961. The van der Waals surface area contributed by atoms with Gasteiger partial charge in [0.15, 0.2) is 29.8 Å². The molecule has 3 aliphatic rings. The Balaban J connectivity index is 1.25. The van der Waals surface area contributed by atoms with E-state index in [1.165, 1.54) is 52.3 Å². The van der Waals surface area contributed by atoms with Crippen molar-refractivity contribution in [2.24, 2.45) is 0 Å². The second-order valence-electron chi connectivity index (χ2n) is 13.4. The summed E-state index contributed by atoms with van der Waals surface area (Å²) in [6.07, 6.45) is -24.2. The minimum atomic E-state index is -1.99. The van der Waals surface area contributed by atoms with Crippen LogP contribution in [-0.4, -0.2) is 164 Å². The van der Waals surface area contributed by atoms with E-state index in [1.807, 2.05) is 0 Å². The fourth-order valence-electron chi connectivity index (χ4n) is 6.53. The van der Waals surface area contributed by atoms with Gasteiger partial charge < -0.3 is 93.4 Å². The number of methoxy groups -OCH3 is 2. The molecule has 0 amide bonds. The van der Waals surface area contributed by atoms with Gasteiger partial charge in [0, 0.05) is 17.7 Å². The average Bonchev–Trinajstić information content (AvgIpc) is 3.16. The van der Waals surface area contributed by atoms with Crippen LogP contribution in [0.4, 0.5) is 0 Å². The molecule has 0 spiro atoms. The molecule has 0 bridgehead atoms. The molecular formula is C35H44O20. The highest BCUT2D eigenvalue weighted by Gasteiger charge is 2.51. The minimum Gasteiger partial charge on any atom is -0.507 e. The van der Waals surface area contributed by atoms with E-state index >= 15 is 0 Å². The number of hydrogen-bond donors (Lipinski definition) is 10. The zero-order chi connectivity index (χ0) is 40.0. The number of rotatable bonds is 10. The molecule has 0 unspecified atom stereocenters. The predicted octanol–water partition coefficient (Wildman–Crippen LogP) is -2.23. The second-order valence-corrected chi connectivity index (χ2v) is 13.4. The lowest BCUT2D eigenvalue weighted by atomic mass is 9.97. The number of aliphatic hydroxyl groups is 8. The Hall–Kier alpha value is -3.87. The van der Waals surface area contributed by atoms with Gasteiger partial charge in [-0.05, 0) is 32.0 Å². The standard InChI is InChI=1S/C35H44O20/c1-11-21(38)25(42)27(44)34(51-11)54-31-22(39)12(2)50-33(29(31)46)49-10-19-23(40)26(43)28(45)35(53-19)55-32-24(41)20-16(37)8-14(47-3)9-18(20)52-30(32)13-5-6-15(36)17(7-13)48-4/h5-9,11-12,19,21-23,25-29,31,33-40,42-46H,10H2,1-4H3/t11-,12-,19+,21-,22-,23-,25+,26-,27+,28+,29+,31+,33+,34-,35-/m0/s1. The number of hydrogen-bond acceptors (Lipinski definition) is 20. The number of phenols is 2. The number of ether oxygens (including phenoxy) is 8. The summed E-state index contributed by atoms with van der Waals surface area (Å²) in [5, 5.41) is 106. The van der Waals surface area contributed by atoms with Crippen LogP contribution in [-0.2, 0) is 23.7 Å². The first-order valence-electron chi connectivity index (χ1n) is 17.2. The molecule has 0 saturated carbocycles. The van der Waals surface area contributed by atoms with Crippen LogP contribution in [0.1, 0.15) is 13.8 Å². The monoisotopic (exact) mass is 784 g/mol. The van der Waals surface area contributed by atoms with Crippen LogP contribution in [0.5, 0.6) is 28.7 Å². The summed E-state index contributed by atoms with van der Waals surface area (Å²) < 4.78 is 50.4. The van der Waals surface area contributed by atoms with E-state index in [1.54, 1.807) is 0 Å². The van der Waals surface area contributed by atoms with E-state index in [2.05, 4.69) is 0 Å². The van der Waals surface area contributed by atoms with Crippen molar-refractivity contribution < 1.29 is 93.4 Å². The number of phenolic OH excluding ortho intramolecular Hbond substituents is 2. The lowest BCUT2D eigenvalue weighted by Gasteiger charge is -2.46. The number of fused-ring (bicyclic) bond motifs is 1. The Kier molecular flexibility index (Phi) is 12.1. The topological polar surface area (TPSA) is 306 Å². The molecule has 0 aliphatic carbocycles. The third-order valence-corrected chi connectivity index (χ3v) is 9.79. The van der Waals surface area contributed by atoms with E-state index < -0.39 is 116 Å². The molecule has 1 aromatic heterocycles. The zero-order valence-corrected chi connectivity index (χ0v) is 29.8. The summed E-state index contributed by atoms with van der Waals surface area (Å²) >= 11 is 0. The highest BCUT2D eigenvalue weighted by atomic mass is 16.7. The number of benzene rings is 2. The third kappa shape index (κ3) is 7.79. The molecular weight excluding hydrogens is 740 g/mol. The Morgan fingerprint density at radius 2 is 1.33 bits per heavy atom. The van der Waals surface area contributed by atoms with Crippen molar-refractivity contribution in [1.82, 2.24) is 0 Å². The van der Waals surface area contributed by atoms with Gasteiger partial charge in [-0.3, -0.25) is 4.79 Å². The van der Waals surface area contributed by atoms with Gasteiger partial charge >= 0.3 is 0 Å². The Morgan fingerprint density at radius 3 is 2.02 bits per heavy atom. The maximum atomic E-state index is 14.0. The molecule has 2 aromatic carbocycles. The first kappa shape index (κ1) is 40.8. The fourth-order valence-corrected chi connectivity index (χ4v) is 6.53. The molecule has 3 aromatic rings. The maximum absolute atomic E-state index is 14.0. The molecule has 3 saturated heterocycles. The largest absolute Gasteiger partial charge is 0.507 e. The Labute approximate surface area is 311 Å². The first-order chi connectivity index (χ1) is 26.1. The van der Waals surface area contributed by atoms with Crippen LogP contribution in [0.15, 0.2) is 39.5 Å². The Morgan fingerprint density at radius 1 is 0.673 bits per heavy atom. The van der Waals surface area contributed by atoms with Crippen LogP contribution in [0, 0.1) is 0 Å². The average molecular weight is 785 g/mol. The molecule has 3 aliphatic heterocycles. The van der Waals surface area contributed by atoms with Gasteiger partial charge in [-0.15, -0.1) is 0 Å². The van der Waals surface area contributed by atoms with E-state index in [0.29, 0.717) is 0 Å². The minimum absolute atomic E-state index is 0.0145. The smallest absolute Gasteiger partial charge is 0.239 e. The lowest BCUT2D eigenvalue weighted by Crippen LogP contribution is -2.64. The van der Waals surface area contributed by atoms with Gasteiger partial charge in [0.2, 0.25) is 17.5 Å². The highest BCUT2D eigenvalue weighted by Crippen LogP contribution is 2.40. The van der Waals surface area contributed by atoms with Crippen molar-refractivity contribution in [3.8, 4) is 40.1 Å². The SMILES string of the molecule is COc1cc(O)c2c(=O)c(O[C@@H]3O[C@H](CO[C@@H]4O[C@@H](C)[C@H](O)[C@@H](O[C@@H]5O[C@@H](C)[C@H](O)[C@@H](O)[C@H]5O)[C@H]4O)[C@H](O)[C@H](O)[C@H]3O)c(-c3ccc(O)c(OC)c3)oc2c1. The van der Waals surface area contributed by atoms with Crippen LogP contribution in [0.3, 0.4) is 0 Å². The lowest BCUT2D eigenvalue weighted by molar-refractivity contribution is -0.358. The van der Waals surface area contributed by atoms with Gasteiger partial charge in [-0.2, -0.15) is 0 Å². The molecule has 20 nitrogen and oxygen atoms in total. The van der Waals surface area contributed by atoms with Crippen molar-refractivity contribution in [1.29, 1.82) is 0 Å². The summed E-state index contributed by atoms with van der Waals surface area (Å²) in [6, 6.07) is 6.41. The summed E-state index contributed by atoms with van der Waals surface area (Å²) in [5.74, 6) is -1.57. The third-order valence-electron chi connectivity index (χ3n) is 9.79. The van der Waals surface area contributed by atoms with Crippen molar-refractivity contribution in [3.63, 3.8) is 0 Å². The van der Waals surface area contributed by atoms with Crippen LogP contribution >= 0.6 is 0 Å². The maximum Gasteiger partial charge on any atom is 0.239 e. The van der Waals surface area contributed by atoms with Gasteiger partial charge in [0.25, 0.3) is 0 Å². The van der Waals surface area contributed by atoms with Crippen LogP contribution in [0.25, 0.3) is 22.3 Å². The highest BCUT2D eigenvalue weighted by molar-refractivity contribution is 5.88. The number of aliphatic hydroxyl groups excluding tert-OH is 8. The van der Waals surface area contributed by atoms with Gasteiger partial charge in [-0.25, -0.2) is 0 Å². The van der Waals surface area contributed by atoms with E-state index in [9.17, 15) is 55.9 Å². The molecule has 6 rings (SSSR count). The molecule has 55 heavy (non-hydrogen) atoms. The normalized spacial score (nSPS) is 36.8. The van der Waals surface area contributed by atoms with E-state index in [4.69, 9.17) is 42.3 Å². The molecule has 4 heterocycles. The molecule has 304 valence electrons. The summed E-state index contributed by atoms with van der Waals surface area (Å²) in [7, 11) is 2.62. The van der Waals surface area contributed by atoms with Gasteiger partial charge in [-0.1, -0.05) is 0 Å². The van der Waals surface area contributed by atoms with E-state index in [0.717, 1.165) is 6.07 Å². The predicted molar refractivity (Wildman–Crippen MR) is 181 cm³/mol. The van der Waals surface area contributed by atoms with Crippen molar-refractivity contribution in [3.05, 3.63) is 40.6 Å². The Bertz CT molecular complexity index is 1870. The van der Waals surface area contributed by atoms with Crippen molar-refractivity contribution >= 4 is 11.0 Å². The van der Waals surface area contributed by atoms with Gasteiger partial charge in [0.05, 0.1) is 33.0 Å². The zero-order valence-electron chi connectivity index (χ0n) is 29.8. The molecule has 10 N–H and O–H groups in total. The fraction of sp³-hybridized carbons (Fsp3) is 0.571. The first-order valence-corrected chi connectivity index (χ1v) is 17.2. The van der Waals surface area contributed by atoms with Crippen molar-refractivity contribution in [2.75, 3.05) is 20.8 Å². The molecule has 15 atom stereocenters. The number of aromatic hydroxyl groups is 2. The van der Waals surface area contributed by atoms with Gasteiger partial charge in [0.1, 0.15) is 83.5 Å². The molecule has 20 heteroatoms. The summed E-state index contributed by atoms with van der Waals surface area (Å²) in [4.78, 5) is 14.0. The quantitative estimate of drug-likeness (QED) is 0.104. The molecule has 0 radical (unpaired) electrons.